The van der Waals surface area contributed by atoms with Gasteiger partial charge in [-0.1, -0.05) is 18.9 Å². The molecule has 0 saturated carbocycles. The maximum absolute atomic E-state index is 12.4. The second-order valence-electron chi connectivity index (χ2n) is 6.31. The van der Waals surface area contributed by atoms with Crippen LogP contribution in [0.5, 0.6) is 0 Å². The molecule has 1 atom stereocenters. The molecule has 3 rings (SSSR count). The Kier molecular flexibility index (Phi) is 5.72. The van der Waals surface area contributed by atoms with Gasteiger partial charge >= 0.3 is 0 Å². The van der Waals surface area contributed by atoms with Crippen LogP contribution in [-0.4, -0.2) is 58.2 Å². The maximum Gasteiger partial charge on any atom is 0.253 e. The van der Waals surface area contributed by atoms with Gasteiger partial charge in [0, 0.05) is 25.5 Å². The molecule has 6 nitrogen and oxygen atoms in total. The molecule has 1 aliphatic heterocycles. The quantitative estimate of drug-likeness (QED) is 0.871. The zero-order chi connectivity index (χ0) is 16.8. The van der Waals surface area contributed by atoms with E-state index in [2.05, 4.69) is 20.2 Å². The van der Waals surface area contributed by atoms with Crippen LogP contribution in [0.25, 0.3) is 11.0 Å². The van der Waals surface area contributed by atoms with Crippen molar-refractivity contribution in [3.05, 3.63) is 36.2 Å². The minimum atomic E-state index is -0.562. The molecular formula is C18H24N4O2. The number of nitrogens with zero attached hydrogens (tertiary/aromatic N) is 3. The van der Waals surface area contributed by atoms with E-state index in [0.717, 1.165) is 13.1 Å². The number of β-amino-alcohol motifs (C(OH)–C–C–N with tert-alkyl or cyclic N) is 1. The highest BCUT2D eigenvalue weighted by Gasteiger charge is 2.16. The van der Waals surface area contributed by atoms with Crippen LogP contribution in [-0.2, 0) is 0 Å². The summed E-state index contributed by atoms with van der Waals surface area (Å²) in [6, 6.07) is 5.35. The summed E-state index contributed by atoms with van der Waals surface area (Å²) in [7, 11) is 0. The molecule has 0 spiro atoms. The number of amides is 1. The SMILES string of the molecule is O=C(NC[C@@H](O)CN1CCCCCC1)c1cccc2nccnc12. The Morgan fingerprint density at radius 3 is 2.71 bits per heavy atom. The Hall–Kier alpha value is -2.05. The van der Waals surface area contributed by atoms with Crippen LogP contribution in [0.4, 0.5) is 0 Å². The van der Waals surface area contributed by atoms with Gasteiger partial charge in [0.25, 0.3) is 5.91 Å². The number of para-hydroxylation sites is 1. The van der Waals surface area contributed by atoms with Gasteiger partial charge in [-0.15, -0.1) is 0 Å². The normalized spacial score (nSPS) is 17.4. The number of aromatic nitrogens is 2. The van der Waals surface area contributed by atoms with Crippen molar-refractivity contribution < 1.29 is 9.90 Å². The van der Waals surface area contributed by atoms with Gasteiger partial charge < -0.3 is 15.3 Å². The van der Waals surface area contributed by atoms with Crippen LogP contribution in [0.3, 0.4) is 0 Å². The lowest BCUT2D eigenvalue weighted by Crippen LogP contribution is -2.40. The summed E-state index contributed by atoms with van der Waals surface area (Å²) in [5.74, 6) is -0.226. The highest BCUT2D eigenvalue weighted by atomic mass is 16.3. The summed E-state index contributed by atoms with van der Waals surface area (Å²) in [6.07, 6.45) is 7.54. The number of benzene rings is 1. The number of likely N-dealkylation sites (tertiary alicyclic amines) is 1. The molecule has 24 heavy (non-hydrogen) atoms. The molecule has 128 valence electrons. The van der Waals surface area contributed by atoms with E-state index in [9.17, 15) is 9.90 Å². The number of aliphatic hydroxyl groups is 1. The van der Waals surface area contributed by atoms with E-state index >= 15 is 0 Å². The number of hydrogen-bond donors (Lipinski definition) is 2. The fourth-order valence-corrected chi connectivity index (χ4v) is 3.16. The lowest BCUT2D eigenvalue weighted by molar-refractivity contribution is 0.0864. The van der Waals surface area contributed by atoms with Gasteiger partial charge in [-0.25, -0.2) is 0 Å². The highest BCUT2D eigenvalue weighted by molar-refractivity contribution is 6.04. The molecule has 0 bridgehead atoms. The second kappa shape index (κ2) is 8.17. The van der Waals surface area contributed by atoms with Gasteiger partial charge in [0.15, 0.2) is 0 Å². The molecule has 1 aromatic carbocycles. The molecule has 2 N–H and O–H groups in total. The summed E-state index contributed by atoms with van der Waals surface area (Å²) in [5.41, 5.74) is 1.76. The van der Waals surface area contributed by atoms with Crippen molar-refractivity contribution in [3.8, 4) is 0 Å². The number of hydrogen-bond acceptors (Lipinski definition) is 5. The van der Waals surface area contributed by atoms with Crippen molar-refractivity contribution in [2.75, 3.05) is 26.2 Å². The van der Waals surface area contributed by atoms with Crippen molar-refractivity contribution in [2.24, 2.45) is 0 Å². The minimum absolute atomic E-state index is 0.226. The molecule has 1 saturated heterocycles. The first-order chi connectivity index (χ1) is 11.7. The zero-order valence-corrected chi connectivity index (χ0v) is 13.8. The van der Waals surface area contributed by atoms with Gasteiger partial charge in [0.1, 0.15) is 5.52 Å². The second-order valence-corrected chi connectivity index (χ2v) is 6.31. The summed E-state index contributed by atoms with van der Waals surface area (Å²) in [5, 5.41) is 13.0. The molecule has 0 unspecified atom stereocenters. The smallest absolute Gasteiger partial charge is 0.253 e. The summed E-state index contributed by atoms with van der Waals surface area (Å²) in [6.45, 7) is 2.91. The summed E-state index contributed by atoms with van der Waals surface area (Å²) in [4.78, 5) is 23.1. The Balaban J connectivity index is 1.56. The van der Waals surface area contributed by atoms with Crippen molar-refractivity contribution in [1.82, 2.24) is 20.2 Å². The lowest BCUT2D eigenvalue weighted by Gasteiger charge is -2.23. The molecule has 1 fully saturated rings. The van der Waals surface area contributed by atoms with Gasteiger partial charge in [-0.3, -0.25) is 14.8 Å². The Morgan fingerprint density at radius 1 is 1.17 bits per heavy atom. The van der Waals surface area contributed by atoms with Crippen LogP contribution in [0.1, 0.15) is 36.0 Å². The molecular weight excluding hydrogens is 304 g/mol. The first-order valence-corrected chi connectivity index (χ1v) is 8.62. The molecule has 1 amide bonds. The Bertz CT molecular complexity index is 678. The average Bonchev–Trinajstić information content (AvgIpc) is 2.88. The van der Waals surface area contributed by atoms with Gasteiger partial charge in [-0.2, -0.15) is 0 Å². The predicted molar refractivity (Wildman–Crippen MR) is 92.8 cm³/mol. The number of carbonyl (C=O) groups is 1. The van der Waals surface area contributed by atoms with Gasteiger partial charge in [0.05, 0.1) is 17.2 Å². The fraction of sp³-hybridized carbons (Fsp3) is 0.500. The summed E-state index contributed by atoms with van der Waals surface area (Å²) >= 11 is 0. The molecule has 1 aromatic heterocycles. The van der Waals surface area contributed by atoms with Crippen molar-refractivity contribution in [1.29, 1.82) is 0 Å². The van der Waals surface area contributed by atoms with Gasteiger partial charge in [-0.05, 0) is 38.1 Å². The topological polar surface area (TPSA) is 78.4 Å². The molecule has 1 aliphatic rings. The number of nitrogens with one attached hydrogen (secondary N) is 1. The molecule has 0 aliphatic carbocycles. The standard InChI is InChI=1S/C18H24N4O2/c23-14(13-22-10-3-1-2-4-11-22)12-21-18(24)15-6-5-7-16-17(15)20-9-8-19-16/h5-9,14,23H,1-4,10-13H2,(H,21,24)/t14-/m1/s1. The minimum Gasteiger partial charge on any atom is -0.390 e. The van der Waals surface area contributed by atoms with E-state index in [1.165, 1.54) is 25.7 Å². The third-order valence-corrected chi connectivity index (χ3v) is 4.41. The lowest BCUT2D eigenvalue weighted by atomic mass is 10.1. The van der Waals surface area contributed by atoms with Crippen LogP contribution in [0.2, 0.25) is 0 Å². The summed E-state index contributed by atoms with van der Waals surface area (Å²) < 4.78 is 0. The van der Waals surface area contributed by atoms with Crippen molar-refractivity contribution in [3.63, 3.8) is 0 Å². The van der Waals surface area contributed by atoms with E-state index in [1.54, 1.807) is 24.5 Å². The maximum atomic E-state index is 12.4. The number of rotatable bonds is 5. The fourth-order valence-electron chi connectivity index (χ4n) is 3.16. The van der Waals surface area contributed by atoms with Crippen molar-refractivity contribution in [2.45, 2.75) is 31.8 Å². The Morgan fingerprint density at radius 2 is 1.92 bits per heavy atom. The van der Waals surface area contributed by atoms with E-state index in [-0.39, 0.29) is 12.5 Å². The van der Waals surface area contributed by atoms with E-state index < -0.39 is 6.10 Å². The highest BCUT2D eigenvalue weighted by Crippen LogP contribution is 2.13. The number of carbonyl (C=O) groups excluding carboxylic acids is 1. The molecule has 2 aromatic rings. The molecule has 2 heterocycles. The number of aliphatic hydroxyl groups excluding tert-OH is 1. The van der Waals surface area contributed by atoms with Crippen LogP contribution < -0.4 is 5.32 Å². The molecule has 6 heteroatoms. The predicted octanol–water partition coefficient (Wildman–Crippen LogP) is 1.60. The van der Waals surface area contributed by atoms with Crippen LogP contribution in [0, 0.1) is 0 Å². The first-order valence-electron chi connectivity index (χ1n) is 8.62. The number of fused-ring (bicyclic) bond motifs is 1. The largest absolute Gasteiger partial charge is 0.390 e. The zero-order valence-electron chi connectivity index (χ0n) is 13.8. The van der Waals surface area contributed by atoms with E-state index in [0.29, 0.717) is 23.1 Å². The molecule has 0 radical (unpaired) electrons. The monoisotopic (exact) mass is 328 g/mol. The first kappa shape index (κ1) is 16.8. The van der Waals surface area contributed by atoms with E-state index in [4.69, 9.17) is 0 Å². The Labute approximate surface area is 141 Å². The van der Waals surface area contributed by atoms with Crippen molar-refractivity contribution >= 4 is 16.9 Å². The van der Waals surface area contributed by atoms with E-state index in [1.807, 2.05) is 6.07 Å². The van der Waals surface area contributed by atoms with Crippen LogP contribution in [0.15, 0.2) is 30.6 Å². The third-order valence-electron chi connectivity index (χ3n) is 4.41. The van der Waals surface area contributed by atoms with Gasteiger partial charge in [0.2, 0.25) is 0 Å². The third kappa shape index (κ3) is 4.27. The van der Waals surface area contributed by atoms with Crippen LogP contribution >= 0.6 is 0 Å². The average molecular weight is 328 g/mol.